The summed E-state index contributed by atoms with van der Waals surface area (Å²) in [6.07, 6.45) is 2.13. The number of hydrogen-bond donors (Lipinski definition) is 0. The van der Waals surface area contributed by atoms with Gasteiger partial charge in [-0.05, 0) is 49.2 Å². The quantitative estimate of drug-likeness (QED) is 0.237. The van der Waals surface area contributed by atoms with E-state index in [4.69, 9.17) is 11.0 Å². The molecule has 5 rings (SSSR count). The Hall–Kier alpha value is -3.90. The molecule has 3 nitrogen and oxygen atoms in total. The lowest BCUT2D eigenvalue weighted by atomic mass is 9.95. The molecule has 0 amide bonds. The van der Waals surface area contributed by atoms with Crippen LogP contribution in [0.5, 0.6) is 0 Å². The number of rotatable bonds is 2. The Balaban J connectivity index is 1.94. The normalized spacial score (nSPS) is 11.1. The van der Waals surface area contributed by atoms with Gasteiger partial charge in [0.1, 0.15) is 18.2 Å². The monoisotopic (exact) mass is 389 g/mol. The van der Waals surface area contributed by atoms with Crippen LogP contribution in [-0.4, -0.2) is 0 Å². The second kappa shape index (κ2) is 6.86. The zero-order valence-corrected chi connectivity index (χ0v) is 17.2. The van der Waals surface area contributed by atoms with E-state index in [1.54, 1.807) is 0 Å². The SMILES string of the molecule is [C-]#[N+]c1cc(-c2ccccc2)c2oc3ccc(C)c(-c4ccc(C)c[n+]4C)c3c2c1. The number of benzene rings is 3. The fraction of sp³-hybridized carbons (Fsp3) is 0.111. The minimum atomic E-state index is 0.616. The molecule has 3 aromatic carbocycles. The van der Waals surface area contributed by atoms with Gasteiger partial charge in [0.2, 0.25) is 5.69 Å². The van der Waals surface area contributed by atoms with Crippen molar-refractivity contribution in [3.63, 3.8) is 0 Å². The van der Waals surface area contributed by atoms with Crippen molar-refractivity contribution >= 4 is 27.6 Å². The van der Waals surface area contributed by atoms with Gasteiger partial charge in [-0.1, -0.05) is 36.4 Å². The third kappa shape index (κ3) is 2.77. The lowest BCUT2D eigenvalue weighted by Crippen LogP contribution is -2.31. The topological polar surface area (TPSA) is 21.4 Å². The molecule has 0 aliphatic rings. The summed E-state index contributed by atoms with van der Waals surface area (Å²) in [5, 5.41) is 2.05. The molecule has 30 heavy (non-hydrogen) atoms. The molecule has 0 aliphatic carbocycles. The van der Waals surface area contributed by atoms with E-state index < -0.39 is 0 Å². The summed E-state index contributed by atoms with van der Waals surface area (Å²) in [7, 11) is 2.07. The summed E-state index contributed by atoms with van der Waals surface area (Å²) in [5.74, 6) is 0. The van der Waals surface area contributed by atoms with Crippen LogP contribution in [0.15, 0.2) is 77.3 Å². The Morgan fingerprint density at radius 3 is 2.47 bits per heavy atom. The first-order chi connectivity index (χ1) is 14.6. The lowest BCUT2D eigenvalue weighted by molar-refractivity contribution is -0.660. The molecule has 5 aromatic rings. The molecular formula is C27H21N2O+. The average Bonchev–Trinajstić information content (AvgIpc) is 3.13. The van der Waals surface area contributed by atoms with Crippen molar-refractivity contribution in [2.75, 3.05) is 0 Å². The minimum Gasteiger partial charge on any atom is -0.455 e. The lowest BCUT2D eigenvalue weighted by Gasteiger charge is -2.07. The van der Waals surface area contributed by atoms with Gasteiger partial charge >= 0.3 is 0 Å². The van der Waals surface area contributed by atoms with Crippen LogP contribution in [0.25, 0.3) is 49.2 Å². The highest BCUT2D eigenvalue weighted by atomic mass is 16.3. The van der Waals surface area contributed by atoms with Crippen LogP contribution >= 0.6 is 0 Å². The molecule has 0 atom stereocenters. The molecule has 0 unspecified atom stereocenters. The van der Waals surface area contributed by atoms with E-state index in [1.165, 1.54) is 11.1 Å². The molecular weight excluding hydrogens is 368 g/mol. The van der Waals surface area contributed by atoms with Crippen LogP contribution in [0.1, 0.15) is 11.1 Å². The molecule has 0 bridgehead atoms. The Bertz CT molecular complexity index is 1470. The highest BCUT2D eigenvalue weighted by Crippen LogP contribution is 2.43. The van der Waals surface area contributed by atoms with Gasteiger partial charge in [0, 0.05) is 28.0 Å². The molecule has 0 saturated heterocycles. The molecule has 0 fully saturated rings. The average molecular weight is 389 g/mol. The summed E-state index contributed by atoms with van der Waals surface area (Å²) in [5.41, 5.74) is 8.94. The fourth-order valence-corrected chi connectivity index (χ4v) is 4.29. The van der Waals surface area contributed by atoms with Crippen molar-refractivity contribution in [3.05, 3.63) is 95.5 Å². The van der Waals surface area contributed by atoms with Gasteiger partial charge < -0.3 is 4.42 Å². The first-order valence-corrected chi connectivity index (χ1v) is 9.96. The smallest absolute Gasteiger partial charge is 0.213 e. The third-order valence-electron chi connectivity index (χ3n) is 5.68. The Morgan fingerprint density at radius 2 is 1.73 bits per heavy atom. The van der Waals surface area contributed by atoms with Gasteiger partial charge in [-0.25, -0.2) is 9.41 Å². The van der Waals surface area contributed by atoms with Gasteiger partial charge in [0.15, 0.2) is 11.9 Å². The number of pyridine rings is 1. The van der Waals surface area contributed by atoms with E-state index in [0.717, 1.165) is 44.3 Å². The maximum absolute atomic E-state index is 7.65. The van der Waals surface area contributed by atoms with Crippen molar-refractivity contribution in [1.82, 2.24) is 0 Å². The second-order valence-electron chi connectivity index (χ2n) is 7.78. The van der Waals surface area contributed by atoms with Crippen LogP contribution in [-0.2, 0) is 7.05 Å². The Kier molecular flexibility index (Phi) is 4.15. The predicted molar refractivity (Wildman–Crippen MR) is 122 cm³/mol. The number of hydrogen-bond acceptors (Lipinski definition) is 1. The van der Waals surface area contributed by atoms with Crippen molar-refractivity contribution in [2.45, 2.75) is 13.8 Å². The number of fused-ring (bicyclic) bond motifs is 3. The largest absolute Gasteiger partial charge is 0.455 e. The molecule has 0 N–H and O–H groups in total. The predicted octanol–water partition coefficient (Wildman–Crippen LogP) is 6.91. The van der Waals surface area contributed by atoms with E-state index in [0.29, 0.717) is 5.69 Å². The van der Waals surface area contributed by atoms with Crippen LogP contribution in [0, 0.1) is 20.4 Å². The molecule has 2 aromatic heterocycles. The zero-order chi connectivity index (χ0) is 20.8. The molecule has 0 spiro atoms. The van der Waals surface area contributed by atoms with Gasteiger partial charge in [-0.3, -0.25) is 0 Å². The molecule has 0 radical (unpaired) electrons. The van der Waals surface area contributed by atoms with Gasteiger partial charge in [0.05, 0.1) is 12.1 Å². The maximum Gasteiger partial charge on any atom is 0.213 e. The van der Waals surface area contributed by atoms with E-state index >= 15 is 0 Å². The van der Waals surface area contributed by atoms with Gasteiger partial charge in [0.25, 0.3) is 0 Å². The number of aryl methyl sites for hydroxylation is 3. The standard InChI is InChI=1S/C27H21N2O/c1-17-10-12-23(29(4)16-17)25-18(2)11-13-24-26(25)22-15-20(28-3)14-21(27(22)30-24)19-8-6-5-7-9-19/h5-16H,1-2,4H3/q+1. The van der Waals surface area contributed by atoms with Crippen molar-refractivity contribution in [3.8, 4) is 22.4 Å². The Morgan fingerprint density at radius 1 is 0.933 bits per heavy atom. The number of nitrogens with zero attached hydrogens (tertiary/aromatic N) is 2. The fourth-order valence-electron chi connectivity index (χ4n) is 4.29. The summed E-state index contributed by atoms with van der Waals surface area (Å²) in [6, 6.07) is 22.4. The van der Waals surface area contributed by atoms with Gasteiger partial charge in [-0.15, -0.1) is 0 Å². The van der Waals surface area contributed by atoms with Gasteiger partial charge in [-0.2, -0.15) is 0 Å². The van der Waals surface area contributed by atoms with E-state index in [9.17, 15) is 0 Å². The first-order valence-electron chi connectivity index (χ1n) is 9.96. The highest BCUT2D eigenvalue weighted by Gasteiger charge is 2.22. The Labute approximate surface area is 175 Å². The molecule has 3 heteroatoms. The number of aromatic nitrogens is 1. The van der Waals surface area contributed by atoms with Crippen LogP contribution in [0.2, 0.25) is 0 Å². The first kappa shape index (κ1) is 18.1. The molecule has 2 heterocycles. The third-order valence-corrected chi connectivity index (χ3v) is 5.68. The van der Waals surface area contributed by atoms with Crippen molar-refractivity contribution in [1.29, 1.82) is 0 Å². The van der Waals surface area contributed by atoms with Crippen LogP contribution in [0.4, 0.5) is 5.69 Å². The zero-order valence-electron chi connectivity index (χ0n) is 17.2. The molecule has 0 aliphatic heterocycles. The summed E-state index contributed by atoms with van der Waals surface area (Å²) in [4.78, 5) is 3.75. The van der Waals surface area contributed by atoms with E-state index in [-0.39, 0.29) is 0 Å². The summed E-state index contributed by atoms with van der Waals surface area (Å²) < 4.78 is 8.57. The van der Waals surface area contributed by atoms with E-state index in [2.05, 4.69) is 66.8 Å². The maximum atomic E-state index is 7.65. The van der Waals surface area contributed by atoms with Crippen LogP contribution in [0.3, 0.4) is 0 Å². The van der Waals surface area contributed by atoms with Crippen LogP contribution < -0.4 is 4.57 Å². The van der Waals surface area contributed by atoms with Crippen molar-refractivity contribution in [2.24, 2.45) is 7.05 Å². The second-order valence-corrected chi connectivity index (χ2v) is 7.78. The van der Waals surface area contributed by atoms with Crippen molar-refractivity contribution < 1.29 is 8.98 Å². The molecule has 0 saturated carbocycles. The van der Waals surface area contributed by atoms with E-state index in [1.807, 2.05) is 36.4 Å². The highest BCUT2D eigenvalue weighted by molar-refractivity contribution is 6.16. The minimum absolute atomic E-state index is 0.616. The summed E-state index contributed by atoms with van der Waals surface area (Å²) in [6.45, 7) is 11.9. The number of furan rings is 1. The summed E-state index contributed by atoms with van der Waals surface area (Å²) >= 11 is 0. The molecule has 144 valence electrons.